The van der Waals surface area contributed by atoms with Crippen LogP contribution in [0.25, 0.3) is 0 Å². The van der Waals surface area contributed by atoms with Crippen molar-refractivity contribution in [3.8, 4) is 0 Å². The van der Waals surface area contributed by atoms with Gasteiger partial charge in [0.05, 0.1) is 11.2 Å². The lowest BCUT2D eigenvalue weighted by molar-refractivity contribution is 0.0761. The molecule has 7 nitrogen and oxygen atoms in total. The molecule has 1 aromatic heterocycles. The van der Waals surface area contributed by atoms with Crippen molar-refractivity contribution in [3.05, 3.63) is 52.3 Å². The largest absolute Gasteiger partial charge is 0.347 e. The summed E-state index contributed by atoms with van der Waals surface area (Å²) in [4.78, 5) is 38.0. The molecule has 2 aromatic rings. The first-order valence-electron chi connectivity index (χ1n) is 11.1. The third-order valence-corrected chi connectivity index (χ3v) is 6.16. The van der Waals surface area contributed by atoms with E-state index >= 15 is 0 Å². The van der Waals surface area contributed by atoms with Crippen LogP contribution in [-0.4, -0.2) is 52.9 Å². The number of anilines is 1. The predicted octanol–water partition coefficient (Wildman–Crippen LogP) is 3.68. The zero-order valence-corrected chi connectivity index (χ0v) is 18.4. The van der Waals surface area contributed by atoms with Crippen molar-refractivity contribution in [3.63, 3.8) is 0 Å². The third-order valence-electron chi connectivity index (χ3n) is 5.88. The molecule has 0 unspecified atom stereocenters. The molecule has 2 aliphatic rings. The zero-order valence-electron chi connectivity index (χ0n) is 17.6. The van der Waals surface area contributed by atoms with Crippen molar-refractivity contribution in [2.45, 2.75) is 45.1 Å². The number of nitrogens with zero attached hydrogens (tertiary/aromatic N) is 4. The molecule has 0 radical (unpaired) electrons. The SMILES string of the molecule is O=C(NCc1ccc(C(=O)N2CCCCCC2)cc1)c1nc(N2CCCC2)ncc1Cl. The standard InChI is InChI=1S/C23H28ClN5O2/c24-19-16-26-23(29-13-5-6-14-29)27-20(19)21(30)25-15-17-7-9-18(10-8-17)22(31)28-11-3-1-2-4-12-28/h7-10,16H,1-6,11-15H2,(H,25,30). The van der Waals surface area contributed by atoms with E-state index in [4.69, 9.17) is 11.6 Å². The van der Waals surface area contributed by atoms with Crippen LogP contribution in [0.4, 0.5) is 5.95 Å². The average molecular weight is 442 g/mol. The maximum absolute atomic E-state index is 12.7. The number of aromatic nitrogens is 2. The van der Waals surface area contributed by atoms with Crippen LogP contribution in [0.3, 0.4) is 0 Å². The van der Waals surface area contributed by atoms with E-state index in [0.717, 1.165) is 57.4 Å². The lowest BCUT2D eigenvalue weighted by Crippen LogP contribution is -2.31. The van der Waals surface area contributed by atoms with Gasteiger partial charge in [0.25, 0.3) is 11.8 Å². The van der Waals surface area contributed by atoms with Crippen LogP contribution in [0.1, 0.15) is 64.9 Å². The molecule has 2 fully saturated rings. The van der Waals surface area contributed by atoms with Crippen molar-refractivity contribution in [1.82, 2.24) is 20.2 Å². The molecule has 4 rings (SSSR count). The molecular weight excluding hydrogens is 414 g/mol. The number of amides is 2. The number of carbonyl (C=O) groups excluding carboxylic acids is 2. The van der Waals surface area contributed by atoms with Gasteiger partial charge in [0.1, 0.15) is 0 Å². The second kappa shape index (κ2) is 10.1. The van der Waals surface area contributed by atoms with Gasteiger partial charge >= 0.3 is 0 Å². The van der Waals surface area contributed by atoms with Crippen molar-refractivity contribution in [2.24, 2.45) is 0 Å². The number of halogens is 1. The topological polar surface area (TPSA) is 78.4 Å². The van der Waals surface area contributed by atoms with E-state index < -0.39 is 0 Å². The van der Waals surface area contributed by atoms with Crippen molar-refractivity contribution < 1.29 is 9.59 Å². The second-order valence-electron chi connectivity index (χ2n) is 8.15. The molecule has 2 amide bonds. The number of benzene rings is 1. The summed E-state index contributed by atoms with van der Waals surface area (Å²) in [7, 11) is 0. The zero-order chi connectivity index (χ0) is 21.6. The Morgan fingerprint density at radius 3 is 2.26 bits per heavy atom. The van der Waals surface area contributed by atoms with Gasteiger partial charge in [-0.3, -0.25) is 9.59 Å². The minimum Gasteiger partial charge on any atom is -0.347 e. The summed E-state index contributed by atoms with van der Waals surface area (Å²) in [6.07, 6.45) is 8.21. The van der Waals surface area contributed by atoms with E-state index in [1.165, 1.54) is 19.0 Å². The fraction of sp³-hybridized carbons (Fsp3) is 0.478. The van der Waals surface area contributed by atoms with Gasteiger partial charge in [0, 0.05) is 38.3 Å². The van der Waals surface area contributed by atoms with Gasteiger partial charge in [-0.2, -0.15) is 0 Å². The molecule has 8 heteroatoms. The molecule has 0 aliphatic carbocycles. The van der Waals surface area contributed by atoms with E-state index in [2.05, 4.69) is 20.2 Å². The average Bonchev–Trinajstić information content (AvgIpc) is 3.20. The Bertz CT molecular complexity index is 920. The monoisotopic (exact) mass is 441 g/mol. The van der Waals surface area contributed by atoms with Crippen LogP contribution >= 0.6 is 11.6 Å². The minimum absolute atomic E-state index is 0.0831. The fourth-order valence-electron chi connectivity index (χ4n) is 4.07. The van der Waals surface area contributed by atoms with Gasteiger partial charge in [-0.05, 0) is 43.4 Å². The summed E-state index contributed by atoms with van der Waals surface area (Å²) in [5.41, 5.74) is 1.78. The lowest BCUT2D eigenvalue weighted by atomic mass is 10.1. The van der Waals surface area contributed by atoms with Crippen LogP contribution < -0.4 is 10.2 Å². The van der Waals surface area contributed by atoms with E-state index in [-0.39, 0.29) is 22.5 Å². The van der Waals surface area contributed by atoms with Crippen LogP contribution in [0.2, 0.25) is 5.02 Å². The van der Waals surface area contributed by atoms with Crippen molar-refractivity contribution in [1.29, 1.82) is 0 Å². The Balaban J connectivity index is 1.36. The molecule has 164 valence electrons. The van der Waals surface area contributed by atoms with Gasteiger partial charge in [-0.1, -0.05) is 36.6 Å². The highest BCUT2D eigenvalue weighted by atomic mass is 35.5. The summed E-state index contributed by atoms with van der Waals surface area (Å²) in [6, 6.07) is 7.42. The highest BCUT2D eigenvalue weighted by Gasteiger charge is 2.20. The Morgan fingerprint density at radius 1 is 0.935 bits per heavy atom. The van der Waals surface area contributed by atoms with E-state index in [1.807, 2.05) is 29.2 Å². The number of nitrogens with one attached hydrogen (secondary N) is 1. The molecule has 0 spiro atoms. The highest BCUT2D eigenvalue weighted by molar-refractivity contribution is 6.33. The van der Waals surface area contributed by atoms with Gasteiger partial charge in [-0.25, -0.2) is 9.97 Å². The van der Waals surface area contributed by atoms with Gasteiger partial charge in [0.15, 0.2) is 5.69 Å². The smallest absolute Gasteiger partial charge is 0.271 e. The summed E-state index contributed by atoms with van der Waals surface area (Å²) < 4.78 is 0. The highest BCUT2D eigenvalue weighted by Crippen LogP contribution is 2.20. The van der Waals surface area contributed by atoms with Crippen LogP contribution in [0.5, 0.6) is 0 Å². The molecule has 2 saturated heterocycles. The first-order valence-corrected chi connectivity index (χ1v) is 11.4. The molecule has 0 bridgehead atoms. The summed E-state index contributed by atoms with van der Waals surface area (Å²) in [5, 5.41) is 3.10. The van der Waals surface area contributed by atoms with E-state index in [9.17, 15) is 9.59 Å². The number of hydrogen-bond donors (Lipinski definition) is 1. The molecule has 0 saturated carbocycles. The summed E-state index contributed by atoms with van der Waals surface area (Å²) >= 11 is 6.17. The maximum atomic E-state index is 12.7. The minimum atomic E-state index is -0.336. The summed E-state index contributed by atoms with van der Waals surface area (Å²) in [6.45, 7) is 3.78. The first-order chi connectivity index (χ1) is 15.1. The normalized spacial score (nSPS) is 16.8. The quantitative estimate of drug-likeness (QED) is 0.765. The Morgan fingerprint density at radius 2 is 1.58 bits per heavy atom. The van der Waals surface area contributed by atoms with Gasteiger partial charge < -0.3 is 15.1 Å². The Labute approximate surface area is 187 Å². The van der Waals surface area contributed by atoms with Crippen LogP contribution in [0, 0.1) is 0 Å². The maximum Gasteiger partial charge on any atom is 0.271 e. The Kier molecular flexibility index (Phi) is 7.02. The number of likely N-dealkylation sites (tertiary alicyclic amines) is 1. The molecular formula is C23H28ClN5O2. The Hall–Kier alpha value is -2.67. The lowest BCUT2D eigenvalue weighted by Gasteiger charge is -2.20. The van der Waals surface area contributed by atoms with Gasteiger partial charge in [0.2, 0.25) is 5.95 Å². The number of carbonyl (C=O) groups is 2. The van der Waals surface area contributed by atoms with Crippen LogP contribution in [0.15, 0.2) is 30.5 Å². The number of rotatable bonds is 5. The van der Waals surface area contributed by atoms with E-state index in [0.29, 0.717) is 18.1 Å². The first kappa shape index (κ1) is 21.6. The third kappa shape index (κ3) is 5.34. The molecule has 2 aliphatic heterocycles. The van der Waals surface area contributed by atoms with Gasteiger partial charge in [-0.15, -0.1) is 0 Å². The van der Waals surface area contributed by atoms with E-state index in [1.54, 1.807) is 0 Å². The molecule has 0 atom stereocenters. The predicted molar refractivity (Wildman–Crippen MR) is 120 cm³/mol. The number of hydrogen-bond acceptors (Lipinski definition) is 5. The molecule has 3 heterocycles. The molecule has 1 N–H and O–H groups in total. The summed E-state index contributed by atoms with van der Waals surface area (Å²) in [5.74, 6) is 0.292. The molecule has 1 aromatic carbocycles. The molecule has 31 heavy (non-hydrogen) atoms. The fourth-order valence-corrected chi connectivity index (χ4v) is 4.25. The van der Waals surface area contributed by atoms with Crippen molar-refractivity contribution in [2.75, 3.05) is 31.1 Å². The van der Waals surface area contributed by atoms with Crippen LogP contribution in [-0.2, 0) is 6.54 Å². The second-order valence-corrected chi connectivity index (χ2v) is 8.55. The van der Waals surface area contributed by atoms with Crippen molar-refractivity contribution >= 4 is 29.4 Å².